The normalized spacial score (nSPS) is 19.1. The van der Waals surface area contributed by atoms with Crippen LogP contribution < -0.4 is 0 Å². The molecule has 1 saturated heterocycles. The van der Waals surface area contributed by atoms with E-state index in [-0.39, 0.29) is 30.2 Å². The number of hydrazone groups is 1. The molecule has 4 rings (SSSR count). The Morgan fingerprint density at radius 3 is 2.69 bits per heavy atom. The molecule has 0 spiro atoms. The van der Waals surface area contributed by atoms with Crippen LogP contribution in [0, 0.1) is 5.82 Å². The first-order valence-electron chi connectivity index (χ1n) is 10.8. The lowest BCUT2D eigenvalue weighted by molar-refractivity contribution is -0.140. The van der Waals surface area contributed by atoms with Gasteiger partial charge in [-0.1, -0.05) is 24.3 Å². The van der Waals surface area contributed by atoms with Crippen LogP contribution in [0.2, 0.25) is 0 Å². The van der Waals surface area contributed by atoms with Gasteiger partial charge in [-0.05, 0) is 17.5 Å². The summed E-state index contributed by atoms with van der Waals surface area (Å²) in [6.45, 7) is 5.57. The number of halogens is 1. The van der Waals surface area contributed by atoms with Crippen molar-refractivity contribution in [3.63, 3.8) is 0 Å². The van der Waals surface area contributed by atoms with Gasteiger partial charge in [0, 0.05) is 50.0 Å². The highest BCUT2D eigenvalue weighted by atomic mass is 32.1. The monoisotopic (exact) mass is 458 g/mol. The minimum Gasteiger partial charge on any atom is -0.379 e. The lowest BCUT2D eigenvalue weighted by Crippen LogP contribution is -2.45. The fourth-order valence-corrected chi connectivity index (χ4v) is 4.78. The molecule has 0 N–H and O–H groups in total. The first-order valence-corrected chi connectivity index (χ1v) is 11.6. The molecular weight excluding hydrogens is 431 g/mol. The number of thiophene rings is 1. The van der Waals surface area contributed by atoms with Crippen LogP contribution in [0.3, 0.4) is 0 Å². The van der Waals surface area contributed by atoms with Crippen molar-refractivity contribution in [3.05, 3.63) is 58.0 Å². The molecule has 9 heteroatoms. The molecule has 2 aliphatic heterocycles. The van der Waals surface area contributed by atoms with Crippen LogP contribution >= 0.6 is 11.3 Å². The summed E-state index contributed by atoms with van der Waals surface area (Å²) in [5.74, 6) is -0.787. The van der Waals surface area contributed by atoms with Gasteiger partial charge >= 0.3 is 0 Å². The average Bonchev–Trinajstić information content (AvgIpc) is 3.47. The molecule has 2 aromatic rings. The maximum Gasteiger partial charge on any atom is 0.262 e. The lowest BCUT2D eigenvalue weighted by Gasteiger charge is -2.30. The molecule has 32 heavy (non-hydrogen) atoms. The summed E-state index contributed by atoms with van der Waals surface area (Å²) in [6, 6.07) is 10.0. The van der Waals surface area contributed by atoms with E-state index in [4.69, 9.17) is 4.74 Å². The van der Waals surface area contributed by atoms with Gasteiger partial charge in [0.1, 0.15) is 12.4 Å². The van der Waals surface area contributed by atoms with E-state index in [0.29, 0.717) is 44.0 Å². The zero-order chi connectivity index (χ0) is 22.5. The Bertz CT molecular complexity index is 975. The predicted octanol–water partition coefficient (Wildman–Crippen LogP) is 2.75. The van der Waals surface area contributed by atoms with Crippen molar-refractivity contribution in [3.8, 4) is 0 Å². The Balaban J connectivity index is 1.50. The molecular formula is C23H27FN4O3S. The van der Waals surface area contributed by atoms with Crippen LogP contribution in [0.5, 0.6) is 0 Å². The van der Waals surface area contributed by atoms with E-state index in [0.717, 1.165) is 18.0 Å². The molecule has 1 aromatic heterocycles. The minimum atomic E-state index is -0.360. The largest absolute Gasteiger partial charge is 0.379 e. The Kier molecular flexibility index (Phi) is 7.29. The van der Waals surface area contributed by atoms with Gasteiger partial charge in [0.25, 0.3) is 5.91 Å². The van der Waals surface area contributed by atoms with Crippen molar-refractivity contribution in [2.24, 2.45) is 5.10 Å². The Morgan fingerprint density at radius 2 is 2.00 bits per heavy atom. The number of morpholine rings is 1. The molecule has 170 valence electrons. The van der Waals surface area contributed by atoms with Crippen molar-refractivity contribution in [2.75, 3.05) is 45.9 Å². The number of amides is 2. The van der Waals surface area contributed by atoms with E-state index < -0.39 is 0 Å². The van der Waals surface area contributed by atoms with Crippen molar-refractivity contribution in [1.82, 2.24) is 14.8 Å². The number of hydrogen-bond donors (Lipinski definition) is 0. The number of nitrogens with zero attached hydrogens (tertiary/aromatic N) is 4. The van der Waals surface area contributed by atoms with Crippen LogP contribution in [-0.4, -0.2) is 78.3 Å². The highest BCUT2D eigenvalue weighted by Crippen LogP contribution is 2.35. The molecule has 1 atom stereocenters. The van der Waals surface area contributed by atoms with E-state index in [9.17, 15) is 14.0 Å². The highest BCUT2D eigenvalue weighted by Gasteiger charge is 2.35. The van der Waals surface area contributed by atoms with Crippen molar-refractivity contribution in [1.29, 1.82) is 0 Å². The molecule has 0 aliphatic carbocycles. The van der Waals surface area contributed by atoms with Gasteiger partial charge in [-0.25, -0.2) is 9.40 Å². The summed E-state index contributed by atoms with van der Waals surface area (Å²) in [7, 11) is 0. The van der Waals surface area contributed by atoms with Gasteiger partial charge in [-0.3, -0.25) is 14.5 Å². The first-order chi connectivity index (χ1) is 15.5. The SMILES string of the molecule is CC(=O)N(CCN1CCOCC1)CC(=O)N1N=C(c2ccccc2F)CC1c1cccs1. The maximum atomic E-state index is 14.4. The molecule has 2 amide bonds. The number of carbonyl (C=O) groups excluding carboxylic acids is 2. The molecule has 1 aromatic carbocycles. The molecule has 1 unspecified atom stereocenters. The van der Waals surface area contributed by atoms with Crippen LogP contribution in [0.25, 0.3) is 0 Å². The zero-order valence-corrected chi connectivity index (χ0v) is 18.9. The fraction of sp³-hybridized carbons (Fsp3) is 0.435. The van der Waals surface area contributed by atoms with E-state index in [2.05, 4.69) is 10.0 Å². The predicted molar refractivity (Wildman–Crippen MR) is 121 cm³/mol. The summed E-state index contributed by atoms with van der Waals surface area (Å²) < 4.78 is 19.7. The van der Waals surface area contributed by atoms with Crippen LogP contribution in [0.15, 0.2) is 46.9 Å². The van der Waals surface area contributed by atoms with E-state index in [1.807, 2.05) is 17.5 Å². The van der Waals surface area contributed by atoms with Gasteiger partial charge in [0.15, 0.2) is 0 Å². The summed E-state index contributed by atoms with van der Waals surface area (Å²) in [4.78, 5) is 30.3. The standard InChI is InChI=1S/C23H27FN4O3S/c1-17(29)27(9-8-26-10-12-31-13-11-26)16-23(30)28-21(22-7-4-14-32-22)15-20(25-28)18-5-2-3-6-19(18)24/h2-7,14,21H,8-13,15-16H2,1H3. The second-order valence-corrected chi connectivity index (χ2v) is 8.87. The molecule has 0 saturated carbocycles. The highest BCUT2D eigenvalue weighted by molar-refractivity contribution is 7.10. The topological polar surface area (TPSA) is 65.5 Å². The van der Waals surface area contributed by atoms with Crippen molar-refractivity contribution in [2.45, 2.75) is 19.4 Å². The summed E-state index contributed by atoms with van der Waals surface area (Å²) >= 11 is 1.54. The van der Waals surface area contributed by atoms with Crippen molar-refractivity contribution < 1.29 is 18.7 Å². The smallest absolute Gasteiger partial charge is 0.262 e. The van der Waals surface area contributed by atoms with E-state index in [1.54, 1.807) is 23.1 Å². The third-order valence-corrected chi connectivity index (χ3v) is 6.76. The second kappa shape index (κ2) is 10.3. The van der Waals surface area contributed by atoms with Crippen LogP contribution in [-0.2, 0) is 14.3 Å². The van der Waals surface area contributed by atoms with Crippen molar-refractivity contribution >= 4 is 28.9 Å². The number of ether oxygens (including phenoxy) is 1. The summed E-state index contributed by atoms with van der Waals surface area (Å²) in [5.41, 5.74) is 0.942. The van der Waals surface area contributed by atoms with Gasteiger partial charge in [-0.15, -0.1) is 11.3 Å². The quantitative estimate of drug-likeness (QED) is 0.640. The maximum absolute atomic E-state index is 14.4. The molecule has 1 fully saturated rings. The Hall–Kier alpha value is -2.62. The Labute approximate surface area is 191 Å². The number of benzene rings is 1. The third kappa shape index (κ3) is 5.23. The summed E-state index contributed by atoms with van der Waals surface area (Å²) in [6.07, 6.45) is 0.432. The van der Waals surface area contributed by atoms with E-state index >= 15 is 0 Å². The third-order valence-electron chi connectivity index (χ3n) is 5.78. The zero-order valence-electron chi connectivity index (χ0n) is 18.1. The molecule has 7 nitrogen and oxygen atoms in total. The molecule has 2 aliphatic rings. The van der Waals surface area contributed by atoms with Crippen LogP contribution in [0.4, 0.5) is 4.39 Å². The van der Waals surface area contributed by atoms with E-state index in [1.165, 1.54) is 29.3 Å². The second-order valence-electron chi connectivity index (χ2n) is 7.89. The van der Waals surface area contributed by atoms with Crippen LogP contribution in [0.1, 0.15) is 29.8 Å². The van der Waals surface area contributed by atoms with Gasteiger partial charge in [-0.2, -0.15) is 5.10 Å². The Morgan fingerprint density at radius 1 is 1.22 bits per heavy atom. The van der Waals surface area contributed by atoms with Gasteiger partial charge < -0.3 is 9.64 Å². The molecule has 3 heterocycles. The van der Waals surface area contributed by atoms with Gasteiger partial charge in [0.05, 0.1) is 25.0 Å². The first kappa shape index (κ1) is 22.6. The number of hydrogen-bond acceptors (Lipinski definition) is 6. The number of carbonyl (C=O) groups is 2. The fourth-order valence-electron chi connectivity index (χ4n) is 3.97. The lowest BCUT2D eigenvalue weighted by atomic mass is 10.0. The molecule has 0 radical (unpaired) electrons. The minimum absolute atomic E-state index is 0.0599. The molecule has 0 bridgehead atoms. The van der Waals surface area contributed by atoms with Gasteiger partial charge in [0.2, 0.25) is 5.91 Å². The number of rotatable bonds is 7. The average molecular weight is 459 g/mol. The summed E-state index contributed by atoms with van der Waals surface area (Å²) in [5, 5.41) is 7.90.